The van der Waals surface area contributed by atoms with Crippen molar-refractivity contribution in [2.24, 2.45) is 0 Å². The average molecular weight is 575 g/mol. The van der Waals surface area contributed by atoms with E-state index in [1.54, 1.807) is 12.1 Å². The number of rotatable bonds is 10. The van der Waals surface area contributed by atoms with Crippen LogP contribution in [0.25, 0.3) is 10.9 Å². The Hall–Kier alpha value is -3.77. The molecule has 4 rings (SSSR count). The minimum Gasteiger partial charge on any atom is -0.479 e. The second-order valence-corrected chi connectivity index (χ2v) is 11.2. The summed E-state index contributed by atoms with van der Waals surface area (Å²) in [5.74, 6) is 0.460. The molecule has 0 aliphatic rings. The third-order valence-electron chi connectivity index (χ3n) is 7.78. The van der Waals surface area contributed by atoms with Gasteiger partial charge in [0.2, 0.25) is 0 Å². The van der Waals surface area contributed by atoms with Gasteiger partial charge in [-0.1, -0.05) is 56.6 Å². The Morgan fingerprint density at radius 2 is 1.71 bits per heavy atom. The summed E-state index contributed by atoms with van der Waals surface area (Å²) in [6, 6.07) is 19.5. The van der Waals surface area contributed by atoms with Gasteiger partial charge in [-0.15, -0.1) is 0 Å². The number of esters is 1. The Morgan fingerprint density at radius 3 is 2.39 bits per heavy atom. The second-order valence-electron chi connectivity index (χ2n) is 10.8. The van der Waals surface area contributed by atoms with Crippen molar-refractivity contribution in [3.8, 4) is 5.75 Å². The summed E-state index contributed by atoms with van der Waals surface area (Å²) in [5.41, 5.74) is 7.02. The molecule has 2 atom stereocenters. The number of benzene rings is 3. The third kappa shape index (κ3) is 6.59. The highest BCUT2D eigenvalue weighted by Gasteiger charge is 2.20. The zero-order valence-corrected chi connectivity index (χ0v) is 25.6. The van der Waals surface area contributed by atoms with Crippen molar-refractivity contribution >= 4 is 34.4 Å². The van der Waals surface area contributed by atoms with Gasteiger partial charge in [0.15, 0.2) is 6.10 Å². The van der Waals surface area contributed by atoms with Crippen molar-refractivity contribution in [1.29, 1.82) is 0 Å². The first-order valence-corrected chi connectivity index (χ1v) is 14.4. The fraction of sp³-hybridized carbons (Fsp3) is 0.353. The van der Waals surface area contributed by atoms with Crippen LogP contribution in [0.4, 0.5) is 0 Å². The lowest BCUT2D eigenvalue weighted by Crippen LogP contribution is -2.27. The number of hydrogen-bond acceptors (Lipinski definition) is 4. The quantitative estimate of drug-likeness (QED) is 0.195. The number of amides is 1. The largest absolute Gasteiger partial charge is 0.479 e. The number of ether oxygens (including phenoxy) is 2. The van der Waals surface area contributed by atoms with Crippen LogP contribution in [0.2, 0.25) is 5.02 Å². The average Bonchev–Trinajstić information content (AvgIpc) is 3.21. The molecule has 0 fully saturated rings. The molecule has 0 spiro atoms. The summed E-state index contributed by atoms with van der Waals surface area (Å²) in [6.07, 6.45) is -0.193. The number of nitrogens with one attached hydrogen (secondary N) is 1. The highest BCUT2D eigenvalue weighted by molar-refractivity contribution is 6.31. The zero-order valence-electron chi connectivity index (χ0n) is 24.9. The standard InChI is InChI=1S/C34H39ClN2O4/c1-8-32(34(39)40-7)41-28-13-14-30(35)27(17-28)19-37-23(6)21(4)29-18-26(12-15-31(29)37)33(38)36-22(5)25-11-9-10-24(16-25)20(2)3/h9-18,20,22,32H,8,19H2,1-7H3,(H,36,38). The Morgan fingerprint density at radius 1 is 0.976 bits per heavy atom. The minimum atomic E-state index is -0.683. The molecule has 0 radical (unpaired) electrons. The number of halogens is 1. The molecule has 1 N–H and O–H groups in total. The SMILES string of the molecule is CCC(Oc1ccc(Cl)c(Cn2c(C)c(C)c3cc(C(=O)NC(C)c4cccc(C(C)C)c4)ccc32)c1)C(=O)OC. The minimum absolute atomic E-state index is 0.108. The van der Waals surface area contributed by atoms with Crippen molar-refractivity contribution in [1.82, 2.24) is 9.88 Å². The fourth-order valence-corrected chi connectivity index (χ4v) is 5.23. The second kappa shape index (κ2) is 12.8. The Kier molecular flexibility index (Phi) is 9.44. The van der Waals surface area contributed by atoms with Crippen molar-refractivity contribution in [2.45, 2.75) is 72.6 Å². The smallest absolute Gasteiger partial charge is 0.347 e. The maximum Gasteiger partial charge on any atom is 0.347 e. The van der Waals surface area contributed by atoms with Crippen LogP contribution in [0, 0.1) is 13.8 Å². The molecule has 0 saturated heterocycles. The van der Waals surface area contributed by atoms with Crippen LogP contribution in [0.5, 0.6) is 5.75 Å². The van der Waals surface area contributed by atoms with Gasteiger partial charge in [-0.25, -0.2) is 4.79 Å². The molecule has 0 aliphatic heterocycles. The van der Waals surface area contributed by atoms with E-state index in [0.717, 1.165) is 33.3 Å². The van der Waals surface area contributed by atoms with E-state index in [1.807, 2.05) is 44.2 Å². The Bertz CT molecular complexity index is 1570. The van der Waals surface area contributed by atoms with Gasteiger partial charge in [-0.05, 0) is 91.8 Å². The van der Waals surface area contributed by atoms with Crippen LogP contribution < -0.4 is 10.1 Å². The van der Waals surface area contributed by atoms with Crippen LogP contribution >= 0.6 is 11.6 Å². The molecular weight excluding hydrogens is 536 g/mol. The van der Waals surface area contributed by atoms with Crippen LogP contribution in [0.3, 0.4) is 0 Å². The molecule has 3 aromatic carbocycles. The molecule has 1 aromatic heterocycles. The number of methoxy groups -OCH3 is 1. The molecule has 0 bridgehead atoms. The number of fused-ring (bicyclic) bond motifs is 1. The third-order valence-corrected chi connectivity index (χ3v) is 8.15. The molecule has 1 amide bonds. The van der Waals surface area contributed by atoms with Gasteiger partial charge >= 0.3 is 5.97 Å². The molecule has 6 nitrogen and oxygen atoms in total. The molecule has 7 heteroatoms. The summed E-state index contributed by atoms with van der Waals surface area (Å²) in [5, 5.41) is 4.78. The predicted octanol–water partition coefficient (Wildman–Crippen LogP) is 7.90. The first-order chi connectivity index (χ1) is 19.5. The van der Waals surface area contributed by atoms with Crippen molar-refractivity contribution in [2.75, 3.05) is 7.11 Å². The lowest BCUT2D eigenvalue weighted by molar-refractivity contribution is -0.148. The van der Waals surface area contributed by atoms with E-state index in [-0.39, 0.29) is 11.9 Å². The molecule has 41 heavy (non-hydrogen) atoms. The number of aryl methyl sites for hydroxylation is 1. The zero-order chi connectivity index (χ0) is 29.8. The maximum atomic E-state index is 13.3. The van der Waals surface area contributed by atoms with E-state index in [0.29, 0.717) is 35.2 Å². The molecule has 216 valence electrons. The summed E-state index contributed by atoms with van der Waals surface area (Å²) in [6.45, 7) is 12.9. The van der Waals surface area contributed by atoms with Gasteiger partial charge in [0.1, 0.15) is 5.75 Å². The normalized spacial score (nSPS) is 12.8. The van der Waals surface area contributed by atoms with Crippen molar-refractivity contribution in [3.63, 3.8) is 0 Å². The highest BCUT2D eigenvalue weighted by atomic mass is 35.5. The van der Waals surface area contributed by atoms with E-state index in [1.165, 1.54) is 12.7 Å². The van der Waals surface area contributed by atoms with E-state index in [9.17, 15) is 9.59 Å². The molecule has 4 aromatic rings. The van der Waals surface area contributed by atoms with Crippen molar-refractivity contribution in [3.05, 3.63) is 99.2 Å². The summed E-state index contributed by atoms with van der Waals surface area (Å²) < 4.78 is 13.0. The van der Waals surface area contributed by atoms with Gasteiger partial charge in [0.05, 0.1) is 13.2 Å². The molecule has 0 aliphatic carbocycles. The monoisotopic (exact) mass is 574 g/mol. The number of carbonyl (C=O) groups is 2. The summed E-state index contributed by atoms with van der Waals surface area (Å²) >= 11 is 6.60. The number of aromatic nitrogens is 1. The van der Waals surface area contributed by atoms with Crippen LogP contribution in [-0.4, -0.2) is 29.7 Å². The lowest BCUT2D eigenvalue weighted by atomic mass is 9.98. The molecule has 2 unspecified atom stereocenters. The van der Waals surface area contributed by atoms with Crippen LogP contribution in [-0.2, 0) is 16.1 Å². The maximum absolute atomic E-state index is 13.3. The van der Waals surface area contributed by atoms with E-state index in [4.69, 9.17) is 21.1 Å². The topological polar surface area (TPSA) is 69.6 Å². The number of carbonyl (C=O) groups excluding carboxylic acids is 2. The van der Waals surface area contributed by atoms with Crippen LogP contribution in [0.1, 0.15) is 84.4 Å². The Labute approximate surface area is 247 Å². The Balaban J connectivity index is 1.58. The number of hydrogen-bond donors (Lipinski definition) is 1. The van der Waals surface area contributed by atoms with Gasteiger partial charge in [0, 0.05) is 33.7 Å². The van der Waals surface area contributed by atoms with E-state index in [2.05, 4.69) is 55.8 Å². The summed E-state index contributed by atoms with van der Waals surface area (Å²) in [7, 11) is 1.35. The number of nitrogens with zero attached hydrogens (tertiary/aromatic N) is 1. The van der Waals surface area contributed by atoms with Gasteiger partial charge < -0.3 is 19.4 Å². The summed E-state index contributed by atoms with van der Waals surface area (Å²) in [4.78, 5) is 25.3. The first kappa shape index (κ1) is 30.2. The molecule has 1 heterocycles. The molecular formula is C34H39ClN2O4. The lowest BCUT2D eigenvalue weighted by Gasteiger charge is -2.17. The van der Waals surface area contributed by atoms with E-state index >= 15 is 0 Å². The fourth-order valence-electron chi connectivity index (χ4n) is 5.06. The predicted molar refractivity (Wildman–Crippen MR) is 165 cm³/mol. The molecule has 0 saturated carbocycles. The van der Waals surface area contributed by atoms with Crippen LogP contribution in [0.15, 0.2) is 60.7 Å². The van der Waals surface area contributed by atoms with Crippen molar-refractivity contribution < 1.29 is 19.1 Å². The first-order valence-electron chi connectivity index (χ1n) is 14.1. The van der Waals surface area contributed by atoms with Gasteiger partial charge in [-0.2, -0.15) is 0 Å². The van der Waals surface area contributed by atoms with Gasteiger partial charge in [-0.3, -0.25) is 4.79 Å². The van der Waals surface area contributed by atoms with E-state index < -0.39 is 12.1 Å². The van der Waals surface area contributed by atoms with Gasteiger partial charge in [0.25, 0.3) is 5.91 Å². The highest BCUT2D eigenvalue weighted by Crippen LogP contribution is 2.31.